The van der Waals surface area contributed by atoms with Crippen LogP contribution in [0.1, 0.15) is 39.3 Å². The summed E-state index contributed by atoms with van der Waals surface area (Å²) in [6.07, 6.45) is 3.61. The number of imidazole rings is 1. The molecule has 0 spiro atoms. The normalized spacial score (nSPS) is 10.6. The Hall–Kier alpha value is -3.68. The summed E-state index contributed by atoms with van der Waals surface area (Å²) in [7, 11) is 1.66. The van der Waals surface area contributed by atoms with Gasteiger partial charge in [0, 0.05) is 24.3 Å². The Kier molecular flexibility index (Phi) is 7.02. The second-order valence-electron chi connectivity index (χ2n) is 6.99. The van der Waals surface area contributed by atoms with Gasteiger partial charge in [-0.1, -0.05) is 32.0 Å². The van der Waals surface area contributed by atoms with Crippen LogP contribution in [-0.4, -0.2) is 31.6 Å². The Labute approximate surface area is 182 Å². The molecule has 0 fully saturated rings. The van der Waals surface area contributed by atoms with Gasteiger partial charge in [-0.15, -0.1) is 0 Å². The molecule has 8 nitrogen and oxygen atoms in total. The fourth-order valence-corrected chi connectivity index (χ4v) is 3.10. The minimum absolute atomic E-state index is 0.217. The first-order valence-corrected chi connectivity index (χ1v) is 10.4. The maximum Gasteiger partial charge on any atom is 0.224 e. The molecule has 0 bridgehead atoms. The predicted octanol–water partition coefficient (Wildman–Crippen LogP) is 4.70. The summed E-state index contributed by atoms with van der Waals surface area (Å²) in [4.78, 5) is 17.7. The number of aromatic nitrogens is 5. The van der Waals surface area contributed by atoms with Crippen LogP contribution in [0.5, 0.6) is 5.75 Å². The second-order valence-corrected chi connectivity index (χ2v) is 6.99. The van der Waals surface area contributed by atoms with E-state index in [4.69, 9.17) is 10.5 Å². The van der Waals surface area contributed by atoms with Crippen molar-refractivity contribution < 1.29 is 4.74 Å². The zero-order valence-corrected chi connectivity index (χ0v) is 18.6. The quantitative estimate of drug-likeness (QED) is 0.467. The smallest absolute Gasteiger partial charge is 0.224 e. The molecule has 31 heavy (non-hydrogen) atoms. The highest BCUT2D eigenvalue weighted by atomic mass is 16.5. The van der Waals surface area contributed by atoms with Gasteiger partial charge in [-0.25, -0.2) is 4.98 Å². The Bertz CT molecular complexity index is 1140. The zero-order valence-electron chi connectivity index (χ0n) is 18.6. The van der Waals surface area contributed by atoms with Crippen LogP contribution in [0.15, 0.2) is 48.9 Å². The highest BCUT2D eigenvalue weighted by molar-refractivity contribution is 5.84. The third kappa shape index (κ3) is 4.91. The van der Waals surface area contributed by atoms with Crippen molar-refractivity contribution in [3.63, 3.8) is 0 Å². The summed E-state index contributed by atoms with van der Waals surface area (Å²) >= 11 is 0. The lowest BCUT2D eigenvalue weighted by Gasteiger charge is -2.10. The molecule has 162 valence electrons. The third-order valence-electron chi connectivity index (χ3n) is 4.65. The maximum atomic E-state index is 5.90. The first-order valence-electron chi connectivity index (χ1n) is 10.4. The van der Waals surface area contributed by atoms with Crippen LogP contribution in [0, 0.1) is 0 Å². The molecule has 3 heterocycles. The van der Waals surface area contributed by atoms with Gasteiger partial charge >= 0.3 is 0 Å². The van der Waals surface area contributed by atoms with Crippen LogP contribution >= 0.6 is 0 Å². The van der Waals surface area contributed by atoms with Gasteiger partial charge in [0.1, 0.15) is 5.75 Å². The average Bonchev–Trinajstić information content (AvgIpc) is 3.23. The number of ether oxygens (including phenoxy) is 1. The van der Waals surface area contributed by atoms with E-state index in [2.05, 4.69) is 39.1 Å². The first kappa shape index (κ1) is 22.0. The molecule has 0 unspecified atom stereocenters. The van der Waals surface area contributed by atoms with Gasteiger partial charge < -0.3 is 20.4 Å². The number of nitrogens with one attached hydrogen (secondary N) is 1. The third-order valence-corrected chi connectivity index (χ3v) is 4.65. The summed E-state index contributed by atoms with van der Waals surface area (Å²) in [5.41, 5.74) is 10.2. The highest BCUT2D eigenvalue weighted by Gasteiger charge is 2.13. The zero-order chi connectivity index (χ0) is 22.4. The van der Waals surface area contributed by atoms with E-state index in [0.29, 0.717) is 17.9 Å². The molecule has 3 N–H and O–H groups in total. The number of methoxy groups -OCH3 is 1. The van der Waals surface area contributed by atoms with E-state index < -0.39 is 0 Å². The van der Waals surface area contributed by atoms with Crippen LogP contribution in [0.25, 0.3) is 22.4 Å². The Balaban J connectivity index is 0.00000132. The molecule has 0 radical (unpaired) electrons. The van der Waals surface area contributed by atoms with Gasteiger partial charge in [-0.05, 0) is 37.6 Å². The summed E-state index contributed by atoms with van der Waals surface area (Å²) < 4.78 is 7.26. The van der Waals surface area contributed by atoms with Crippen molar-refractivity contribution in [3.8, 4) is 17.0 Å². The molecule has 4 aromatic rings. The number of pyridine rings is 1. The lowest BCUT2D eigenvalue weighted by atomic mass is 10.1. The number of nitrogen functional groups attached to an aromatic ring is 1. The van der Waals surface area contributed by atoms with E-state index in [1.54, 1.807) is 13.4 Å². The summed E-state index contributed by atoms with van der Waals surface area (Å²) in [6, 6.07) is 12.1. The van der Waals surface area contributed by atoms with Crippen molar-refractivity contribution in [1.29, 1.82) is 0 Å². The molecule has 3 aromatic heterocycles. The van der Waals surface area contributed by atoms with Gasteiger partial charge in [-0.2, -0.15) is 9.97 Å². The molecule has 0 saturated carbocycles. The molecule has 0 aliphatic heterocycles. The van der Waals surface area contributed by atoms with Crippen molar-refractivity contribution in [2.75, 3.05) is 18.2 Å². The predicted molar refractivity (Wildman–Crippen MR) is 125 cm³/mol. The highest BCUT2D eigenvalue weighted by Crippen LogP contribution is 2.24. The number of hydrogen-bond acceptors (Lipinski definition) is 7. The van der Waals surface area contributed by atoms with E-state index >= 15 is 0 Å². The van der Waals surface area contributed by atoms with Crippen molar-refractivity contribution >= 4 is 22.9 Å². The number of nitrogens with zero attached hydrogens (tertiary/aromatic N) is 5. The number of benzene rings is 1. The standard InChI is InChI=1S/C21H23N7O.C2H6/c1-13(2)28-12-25-18-19(26-21(22)27-20(18)28)24-11-14-7-8-17(23-10-14)15-5-4-6-16(9-15)29-3;1-2/h4-10,12-13H,11H2,1-3H3,(H3,22,24,26,27);1-2H3. The van der Waals surface area contributed by atoms with Crippen molar-refractivity contribution in [1.82, 2.24) is 24.5 Å². The number of hydrogen-bond donors (Lipinski definition) is 2. The first-order chi connectivity index (χ1) is 15.0. The van der Waals surface area contributed by atoms with Gasteiger partial charge in [-0.3, -0.25) is 4.98 Å². The fraction of sp³-hybridized carbons (Fsp3) is 0.304. The minimum atomic E-state index is 0.217. The van der Waals surface area contributed by atoms with Crippen LogP contribution in [-0.2, 0) is 6.54 Å². The summed E-state index contributed by atoms with van der Waals surface area (Å²) in [6.45, 7) is 8.69. The Morgan fingerprint density at radius 3 is 2.58 bits per heavy atom. The number of rotatable bonds is 6. The molecule has 0 saturated heterocycles. The van der Waals surface area contributed by atoms with Crippen molar-refractivity contribution in [2.45, 2.75) is 40.3 Å². The second kappa shape index (κ2) is 9.88. The van der Waals surface area contributed by atoms with E-state index in [1.807, 2.05) is 61.0 Å². The largest absolute Gasteiger partial charge is 0.497 e. The van der Waals surface area contributed by atoms with E-state index in [9.17, 15) is 0 Å². The van der Waals surface area contributed by atoms with E-state index in [0.717, 1.165) is 28.2 Å². The number of fused-ring (bicyclic) bond motifs is 1. The maximum absolute atomic E-state index is 5.90. The van der Waals surface area contributed by atoms with Gasteiger partial charge in [0.15, 0.2) is 17.0 Å². The molecule has 0 amide bonds. The van der Waals surface area contributed by atoms with Gasteiger partial charge in [0.05, 0.1) is 19.1 Å². The molecule has 0 aliphatic carbocycles. The molecule has 4 rings (SSSR count). The lowest BCUT2D eigenvalue weighted by molar-refractivity contribution is 0.415. The van der Waals surface area contributed by atoms with Crippen LogP contribution in [0.2, 0.25) is 0 Å². The average molecular weight is 420 g/mol. The SMILES string of the molecule is CC.COc1cccc(-c2ccc(CNc3nc(N)nc4c3ncn4C(C)C)cn2)c1. The van der Waals surface area contributed by atoms with Crippen molar-refractivity contribution in [3.05, 3.63) is 54.5 Å². The molecule has 0 aliphatic rings. The van der Waals surface area contributed by atoms with Crippen LogP contribution < -0.4 is 15.8 Å². The van der Waals surface area contributed by atoms with Gasteiger partial charge in [0.2, 0.25) is 5.95 Å². The molecule has 1 aromatic carbocycles. The molecule has 8 heteroatoms. The monoisotopic (exact) mass is 419 g/mol. The summed E-state index contributed by atoms with van der Waals surface area (Å²) in [5.74, 6) is 1.64. The lowest BCUT2D eigenvalue weighted by Crippen LogP contribution is -2.07. The van der Waals surface area contributed by atoms with E-state index in [-0.39, 0.29) is 12.0 Å². The number of nitrogens with two attached hydrogens (primary N) is 1. The van der Waals surface area contributed by atoms with E-state index in [1.165, 1.54) is 0 Å². The Morgan fingerprint density at radius 2 is 1.90 bits per heavy atom. The minimum Gasteiger partial charge on any atom is -0.497 e. The Morgan fingerprint density at radius 1 is 1.10 bits per heavy atom. The number of anilines is 2. The molecule has 0 atom stereocenters. The topological polar surface area (TPSA) is 104 Å². The molecular weight excluding hydrogens is 390 g/mol. The summed E-state index contributed by atoms with van der Waals surface area (Å²) in [5, 5.41) is 3.31. The van der Waals surface area contributed by atoms with Crippen molar-refractivity contribution in [2.24, 2.45) is 0 Å². The molecular formula is C23H29N7O. The van der Waals surface area contributed by atoms with Gasteiger partial charge in [0.25, 0.3) is 0 Å². The fourth-order valence-electron chi connectivity index (χ4n) is 3.10. The van der Waals surface area contributed by atoms with Crippen LogP contribution in [0.3, 0.4) is 0 Å². The van der Waals surface area contributed by atoms with Crippen LogP contribution in [0.4, 0.5) is 11.8 Å².